The van der Waals surface area contributed by atoms with Gasteiger partial charge in [0.1, 0.15) is 5.75 Å². The summed E-state index contributed by atoms with van der Waals surface area (Å²) in [5.41, 5.74) is 4.81. The highest BCUT2D eigenvalue weighted by molar-refractivity contribution is 8.19. The molecule has 0 spiro atoms. The average Bonchev–Trinajstić information content (AvgIpc) is 3.17. The van der Waals surface area contributed by atoms with E-state index in [-0.39, 0.29) is 5.91 Å². The second-order valence-corrected chi connectivity index (χ2v) is 9.46. The smallest absolute Gasteiger partial charge is 0.271 e. The molecule has 1 amide bonds. The van der Waals surface area contributed by atoms with Gasteiger partial charge < -0.3 is 4.74 Å². The topological polar surface area (TPSA) is 41.9 Å². The Bertz CT molecular complexity index is 1450. The van der Waals surface area contributed by atoms with Gasteiger partial charge in [-0.1, -0.05) is 65.7 Å². The van der Waals surface area contributed by atoms with E-state index in [0.29, 0.717) is 16.7 Å². The number of hydrogen-bond acceptors (Lipinski definition) is 4. The number of carbonyl (C=O) groups excluding carboxylic acids is 1. The van der Waals surface area contributed by atoms with Crippen LogP contribution in [0.2, 0.25) is 0 Å². The van der Waals surface area contributed by atoms with E-state index >= 15 is 0 Å². The van der Waals surface area contributed by atoms with Gasteiger partial charge in [0.25, 0.3) is 5.91 Å². The predicted octanol–water partition coefficient (Wildman–Crippen LogP) is 7.66. The summed E-state index contributed by atoms with van der Waals surface area (Å²) in [5.74, 6) is 0.665. The van der Waals surface area contributed by atoms with Gasteiger partial charge in [0.15, 0.2) is 5.17 Å². The first-order chi connectivity index (χ1) is 17.0. The number of fused-ring (bicyclic) bond motifs is 1. The van der Waals surface area contributed by atoms with Crippen molar-refractivity contribution >= 4 is 51.1 Å². The minimum Gasteiger partial charge on any atom is -0.493 e. The van der Waals surface area contributed by atoms with Crippen LogP contribution in [0, 0.1) is 13.8 Å². The zero-order chi connectivity index (χ0) is 24.4. The third kappa shape index (κ3) is 4.73. The van der Waals surface area contributed by atoms with E-state index < -0.39 is 0 Å². The minimum absolute atomic E-state index is 0.0971. The summed E-state index contributed by atoms with van der Waals surface area (Å²) in [6, 6.07) is 28.1. The lowest BCUT2D eigenvalue weighted by Crippen LogP contribution is -2.28. The van der Waals surface area contributed by atoms with Crippen molar-refractivity contribution in [1.29, 1.82) is 0 Å². The molecule has 0 N–H and O–H groups in total. The van der Waals surface area contributed by atoms with Gasteiger partial charge in [0, 0.05) is 5.56 Å². The summed E-state index contributed by atoms with van der Waals surface area (Å²) >= 11 is 1.39. The lowest BCUT2D eigenvalue weighted by molar-refractivity contribution is -0.113. The molecule has 0 radical (unpaired) electrons. The van der Waals surface area contributed by atoms with Crippen LogP contribution < -0.4 is 9.64 Å². The highest BCUT2D eigenvalue weighted by Crippen LogP contribution is 2.40. The van der Waals surface area contributed by atoms with Crippen LogP contribution in [-0.4, -0.2) is 17.7 Å². The molecule has 0 aliphatic carbocycles. The molecule has 0 saturated carbocycles. The zero-order valence-electron chi connectivity index (χ0n) is 20.0. The number of rotatable bonds is 5. The number of carbonyl (C=O) groups is 1. The summed E-state index contributed by atoms with van der Waals surface area (Å²) in [6.45, 7) is 6.59. The molecule has 0 aromatic heterocycles. The fourth-order valence-corrected chi connectivity index (χ4v) is 5.02. The summed E-state index contributed by atoms with van der Waals surface area (Å²) in [4.78, 5) is 20.9. The molecule has 1 aliphatic heterocycles. The first-order valence-corrected chi connectivity index (χ1v) is 12.5. The van der Waals surface area contributed by atoms with Crippen molar-refractivity contribution in [1.82, 2.24) is 0 Å². The molecule has 5 rings (SSSR count). The highest BCUT2D eigenvalue weighted by Gasteiger charge is 2.35. The molecule has 5 heteroatoms. The lowest BCUT2D eigenvalue weighted by atomic mass is 10.0. The van der Waals surface area contributed by atoms with Crippen LogP contribution >= 0.6 is 11.8 Å². The first kappa shape index (κ1) is 22.9. The van der Waals surface area contributed by atoms with Gasteiger partial charge in [-0.2, -0.15) is 0 Å². The number of aryl methyl sites for hydroxylation is 2. The average molecular weight is 479 g/mol. The Kier molecular flexibility index (Phi) is 6.43. The van der Waals surface area contributed by atoms with E-state index in [1.54, 1.807) is 4.90 Å². The fraction of sp³-hybridized carbons (Fsp3) is 0.133. The molecule has 0 unspecified atom stereocenters. The maximum absolute atomic E-state index is 13.8. The predicted molar refractivity (Wildman–Crippen MR) is 148 cm³/mol. The van der Waals surface area contributed by atoms with E-state index in [9.17, 15) is 4.79 Å². The van der Waals surface area contributed by atoms with Crippen molar-refractivity contribution in [2.24, 2.45) is 4.99 Å². The third-order valence-electron chi connectivity index (χ3n) is 5.86. The Morgan fingerprint density at radius 3 is 2.29 bits per heavy atom. The maximum atomic E-state index is 13.8. The second-order valence-electron chi connectivity index (χ2n) is 8.45. The van der Waals surface area contributed by atoms with Gasteiger partial charge in [-0.15, -0.1) is 0 Å². The molecule has 1 saturated heterocycles. The van der Waals surface area contributed by atoms with Crippen LogP contribution in [0.1, 0.15) is 23.6 Å². The third-order valence-corrected chi connectivity index (χ3v) is 6.83. The molecular weight excluding hydrogens is 452 g/mol. The number of aliphatic imine (C=N–C) groups is 1. The highest BCUT2D eigenvalue weighted by atomic mass is 32.2. The standard InChI is InChI=1S/C30H26N2O2S/c1-4-34-27-18-13-22-7-5-6-8-25(22)26(27)19-28-29(33)32(24-16-11-21(3)12-17-24)30(35-28)31-23-14-9-20(2)10-15-23/h5-19H,4H2,1-3H3/b28-19+,31-30?. The fourth-order valence-electron chi connectivity index (χ4n) is 4.04. The maximum Gasteiger partial charge on any atom is 0.271 e. The Morgan fingerprint density at radius 1 is 0.886 bits per heavy atom. The zero-order valence-corrected chi connectivity index (χ0v) is 20.8. The Balaban J connectivity index is 1.64. The molecule has 1 fully saturated rings. The number of amides is 1. The Labute approximate surface area is 210 Å². The lowest BCUT2D eigenvalue weighted by Gasteiger charge is -2.16. The number of benzene rings is 4. The molecule has 4 aromatic rings. The van der Waals surface area contributed by atoms with Crippen LogP contribution in [-0.2, 0) is 4.79 Å². The molecule has 35 heavy (non-hydrogen) atoms. The number of nitrogens with zero attached hydrogens (tertiary/aromatic N) is 2. The number of amidine groups is 1. The second kappa shape index (κ2) is 9.80. The Morgan fingerprint density at radius 2 is 1.57 bits per heavy atom. The van der Waals surface area contributed by atoms with Gasteiger partial charge in [0.2, 0.25) is 0 Å². The first-order valence-electron chi connectivity index (χ1n) is 11.6. The van der Waals surface area contributed by atoms with Crippen molar-refractivity contribution in [2.45, 2.75) is 20.8 Å². The van der Waals surface area contributed by atoms with E-state index in [2.05, 4.69) is 18.2 Å². The molecule has 0 atom stereocenters. The van der Waals surface area contributed by atoms with E-state index in [0.717, 1.165) is 39.0 Å². The van der Waals surface area contributed by atoms with Crippen molar-refractivity contribution in [2.75, 3.05) is 11.5 Å². The molecule has 0 bridgehead atoms. The van der Waals surface area contributed by atoms with Crippen LogP contribution in [0.5, 0.6) is 5.75 Å². The van der Waals surface area contributed by atoms with Crippen LogP contribution in [0.25, 0.3) is 16.8 Å². The number of hydrogen-bond donors (Lipinski definition) is 0. The number of thioether (sulfide) groups is 1. The quantitative estimate of drug-likeness (QED) is 0.276. The van der Waals surface area contributed by atoms with Crippen LogP contribution in [0.3, 0.4) is 0 Å². The molecule has 1 heterocycles. The van der Waals surface area contributed by atoms with Crippen molar-refractivity contribution in [3.05, 3.63) is 107 Å². The summed E-state index contributed by atoms with van der Waals surface area (Å²) in [7, 11) is 0. The van der Waals surface area contributed by atoms with Crippen LogP contribution in [0.15, 0.2) is 94.8 Å². The molecule has 174 valence electrons. The molecule has 4 aromatic carbocycles. The monoisotopic (exact) mass is 478 g/mol. The van der Waals surface area contributed by atoms with E-state index in [4.69, 9.17) is 9.73 Å². The largest absolute Gasteiger partial charge is 0.493 e. The summed E-state index contributed by atoms with van der Waals surface area (Å²) in [6.07, 6.45) is 1.94. The van der Waals surface area contributed by atoms with Gasteiger partial charge in [-0.25, -0.2) is 4.99 Å². The summed E-state index contributed by atoms with van der Waals surface area (Å²) in [5, 5.41) is 2.78. The van der Waals surface area contributed by atoms with Gasteiger partial charge in [0.05, 0.1) is 22.9 Å². The molecule has 1 aliphatic rings. The van der Waals surface area contributed by atoms with E-state index in [1.807, 2.05) is 93.6 Å². The van der Waals surface area contributed by atoms with Gasteiger partial charge in [-0.05, 0) is 79.7 Å². The van der Waals surface area contributed by atoms with Crippen LogP contribution in [0.4, 0.5) is 11.4 Å². The van der Waals surface area contributed by atoms with Crippen molar-refractivity contribution < 1.29 is 9.53 Å². The van der Waals surface area contributed by atoms with E-state index in [1.165, 1.54) is 17.3 Å². The SMILES string of the molecule is CCOc1ccc2ccccc2c1/C=C1/SC(=Nc2ccc(C)cc2)N(c2ccc(C)cc2)C1=O. The summed E-state index contributed by atoms with van der Waals surface area (Å²) < 4.78 is 5.94. The molecular formula is C30H26N2O2S. The van der Waals surface area contributed by atoms with Gasteiger partial charge in [-0.3, -0.25) is 9.69 Å². The van der Waals surface area contributed by atoms with Gasteiger partial charge >= 0.3 is 0 Å². The number of ether oxygens (including phenoxy) is 1. The van der Waals surface area contributed by atoms with Crippen molar-refractivity contribution in [3.8, 4) is 5.75 Å². The van der Waals surface area contributed by atoms with Crippen molar-refractivity contribution in [3.63, 3.8) is 0 Å². The minimum atomic E-state index is -0.0971. The molecule has 4 nitrogen and oxygen atoms in total. The normalized spacial score (nSPS) is 16.0. The Hall–Kier alpha value is -3.83. The number of anilines is 1.